The molecule has 4 nitrogen and oxygen atoms in total. The van der Waals surface area contributed by atoms with Crippen molar-refractivity contribution in [2.24, 2.45) is 0 Å². The van der Waals surface area contributed by atoms with Gasteiger partial charge in [0.2, 0.25) is 11.8 Å². The van der Waals surface area contributed by atoms with E-state index in [1.54, 1.807) is 0 Å². The average Bonchev–Trinajstić information content (AvgIpc) is 2.40. The van der Waals surface area contributed by atoms with Gasteiger partial charge in [-0.1, -0.05) is 0 Å². The molecule has 2 rings (SSSR count). The van der Waals surface area contributed by atoms with Crippen LogP contribution in [0.15, 0.2) is 12.1 Å². The first-order chi connectivity index (χ1) is 9.60. The summed E-state index contributed by atoms with van der Waals surface area (Å²) >= 11 is 5.53. The van der Waals surface area contributed by atoms with E-state index in [1.165, 1.54) is 12.1 Å². The minimum atomic E-state index is -0.481. The van der Waals surface area contributed by atoms with Crippen LogP contribution in [0.3, 0.4) is 0 Å². The number of carbonyl (C=O) groups excluding carboxylic acids is 2. The van der Waals surface area contributed by atoms with Crippen molar-refractivity contribution in [2.45, 2.75) is 32.1 Å². The van der Waals surface area contributed by atoms with E-state index in [0.29, 0.717) is 37.3 Å². The van der Waals surface area contributed by atoms with E-state index < -0.39 is 5.82 Å². The summed E-state index contributed by atoms with van der Waals surface area (Å²) in [4.78, 5) is 23.0. The van der Waals surface area contributed by atoms with Crippen LogP contribution in [-0.4, -0.2) is 17.7 Å². The molecule has 1 heterocycles. The second kappa shape index (κ2) is 6.70. The minimum absolute atomic E-state index is 0.0940. The first-order valence-corrected chi connectivity index (χ1v) is 7.11. The van der Waals surface area contributed by atoms with Crippen LogP contribution in [0.25, 0.3) is 0 Å². The number of nitrogens with one attached hydrogen (secondary N) is 2. The monoisotopic (exact) mass is 298 g/mol. The molecule has 0 bridgehead atoms. The van der Waals surface area contributed by atoms with Gasteiger partial charge in [0, 0.05) is 24.4 Å². The molecule has 2 amide bonds. The number of carbonyl (C=O) groups is 2. The van der Waals surface area contributed by atoms with Crippen molar-refractivity contribution in [2.75, 3.05) is 16.5 Å². The number of rotatable bonds is 5. The molecule has 6 heteroatoms. The van der Waals surface area contributed by atoms with Gasteiger partial charge in [0.25, 0.3) is 0 Å². The molecule has 0 atom stereocenters. The number of hydrogen-bond acceptors (Lipinski definition) is 2. The van der Waals surface area contributed by atoms with Gasteiger partial charge in [-0.25, -0.2) is 4.39 Å². The fourth-order valence-electron chi connectivity index (χ4n) is 2.09. The Morgan fingerprint density at radius 2 is 2.15 bits per heavy atom. The fraction of sp³-hybridized carbons (Fsp3) is 0.429. The number of aryl methyl sites for hydroxylation is 1. The predicted molar refractivity (Wildman–Crippen MR) is 76.6 cm³/mol. The molecule has 0 saturated carbocycles. The zero-order valence-electron chi connectivity index (χ0n) is 11.0. The normalized spacial score (nSPS) is 13.6. The number of anilines is 2. The van der Waals surface area contributed by atoms with Crippen molar-refractivity contribution in [1.29, 1.82) is 0 Å². The zero-order chi connectivity index (χ0) is 14.5. The SMILES string of the molecule is O=C(CCCCCl)Nc1cc2c(cc1F)CCC(=O)N2. The van der Waals surface area contributed by atoms with Crippen molar-refractivity contribution in [3.63, 3.8) is 0 Å². The summed E-state index contributed by atoms with van der Waals surface area (Å²) in [5.41, 5.74) is 1.42. The molecule has 0 fully saturated rings. The topological polar surface area (TPSA) is 58.2 Å². The molecule has 0 aromatic heterocycles. The van der Waals surface area contributed by atoms with Gasteiger partial charge in [-0.15, -0.1) is 11.6 Å². The molecule has 0 radical (unpaired) electrons. The van der Waals surface area contributed by atoms with Crippen LogP contribution in [0.1, 0.15) is 31.2 Å². The van der Waals surface area contributed by atoms with Gasteiger partial charge in [0.05, 0.1) is 5.69 Å². The molecule has 2 N–H and O–H groups in total. The molecule has 1 aliphatic heterocycles. The lowest BCUT2D eigenvalue weighted by atomic mass is 10.0. The molecule has 1 aliphatic rings. The van der Waals surface area contributed by atoms with Gasteiger partial charge in [0.1, 0.15) is 5.82 Å². The molecule has 0 spiro atoms. The molecule has 108 valence electrons. The fourth-order valence-corrected chi connectivity index (χ4v) is 2.28. The van der Waals surface area contributed by atoms with Crippen LogP contribution < -0.4 is 10.6 Å². The van der Waals surface area contributed by atoms with Gasteiger partial charge < -0.3 is 10.6 Å². The highest BCUT2D eigenvalue weighted by molar-refractivity contribution is 6.17. The largest absolute Gasteiger partial charge is 0.326 e. The van der Waals surface area contributed by atoms with Crippen molar-refractivity contribution < 1.29 is 14.0 Å². The van der Waals surface area contributed by atoms with E-state index in [1.807, 2.05) is 0 Å². The number of unbranched alkanes of at least 4 members (excludes halogenated alkanes) is 1. The highest BCUT2D eigenvalue weighted by Gasteiger charge is 2.18. The van der Waals surface area contributed by atoms with Crippen LogP contribution in [-0.2, 0) is 16.0 Å². The van der Waals surface area contributed by atoms with E-state index in [9.17, 15) is 14.0 Å². The lowest BCUT2D eigenvalue weighted by Gasteiger charge is -2.18. The molecule has 0 saturated heterocycles. The Hall–Kier alpha value is -1.62. The Morgan fingerprint density at radius 3 is 2.90 bits per heavy atom. The maximum Gasteiger partial charge on any atom is 0.224 e. The summed E-state index contributed by atoms with van der Waals surface area (Å²) in [6.07, 6.45) is 2.59. The number of fused-ring (bicyclic) bond motifs is 1. The van der Waals surface area contributed by atoms with E-state index >= 15 is 0 Å². The Labute approximate surface area is 121 Å². The summed E-state index contributed by atoms with van der Waals surface area (Å²) in [6.45, 7) is 0. The highest BCUT2D eigenvalue weighted by atomic mass is 35.5. The third-order valence-electron chi connectivity index (χ3n) is 3.15. The van der Waals surface area contributed by atoms with Crippen LogP contribution in [0.2, 0.25) is 0 Å². The average molecular weight is 299 g/mol. The molecule has 0 aliphatic carbocycles. The lowest BCUT2D eigenvalue weighted by Crippen LogP contribution is -2.20. The molecule has 0 unspecified atom stereocenters. The predicted octanol–water partition coefficient (Wildman–Crippen LogP) is 3.06. The summed E-state index contributed by atoms with van der Waals surface area (Å²) in [7, 11) is 0. The van der Waals surface area contributed by atoms with Gasteiger partial charge in [0.15, 0.2) is 0 Å². The number of alkyl halides is 1. The van der Waals surface area contributed by atoms with E-state index in [0.717, 1.165) is 12.0 Å². The third kappa shape index (κ3) is 3.70. The van der Waals surface area contributed by atoms with Crippen LogP contribution in [0.5, 0.6) is 0 Å². The van der Waals surface area contributed by atoms with Gasteiger partial charge in [-0.3, -0.25) is 9.59 Å². The van der Waals surface area contributed by atoms with Gasteiger partial charge in [-0.2, -0.15) is 0 Å². The minimum Gasteiger partial charge on any atom is -0.326 e. The highest BCUT2D eigenvalue weighted by Crippen LogP contribution is 2.28. The summed E-state index contributed by atoms with van der Waals surface area (Å²) in [6, 6.07) is 2.84. The smallest absolute Gasteiger partial charge is 0.224 e. The van der Waals surface area contributed by atoms with Crippen molar-refractivity contribution in [3.8, 4) is 0 Å². The van der Waals surface area contributed by atoms with E-state index in [4.69, 9.17) is 11.6 Å². The Kier molecular flexibility index (Phi) is 4.95. The van der Waals surface area contributed by atoms with Gasteiger partial charge in [-0.05, 0) is 37.0 Å². The van der Waals surface area contributed by atoms with E-state index in [-0.39, 0.29) is 17.5 Å². The van der Waals surface area contributed by atoms with Gasteiger partial charge >= 0.3 is 0 Å². The Balaban J connectivity index is 2.06. The standard InChI is InChI=1S/C14H16ClFN2O2/c15-6-2-1-3-13(19)18-12-8-11-9(7-10(12)16)4-5-14(20)17-11/h7-8H,1-6H2,(H,17,20)(H,18,19). The second-order valence-corrected chi connectivity index (χ2v) is 5.11. The number of halogens is 2. The lowest BCUT2D eigenvalue weighted by molar-refractivity contribution is -0.117. The third-order valence-corrected chi connectivity index (χ3v) is 3.42. The molecule has 1 aromatic rings. The number of benzene rings is 1. The van der Waals surface area contributed by atoms with Crippen LogP contribution in [0.4, 0.5) is 15.8 Å². The zero-order valence-corrected chi connectivity index (χ0v) is 11.7. The number of hydrogen-bond donors (Lipinski definition) is 2. The van der Waals surface area contributed by atoms with Crippen molar-refractivity contribution >= 4 is 34.8 Å². The van der Waals surface area contributed by atoms with E-state index in [2.05, 4.69) is 10.6 Å². The quantitative estimate of drug-likeness (QED) is 0.648. The number of amides is 2. The van der Waals surface area contributed by atoms with Crippen LogP contribution in [0, 0.1) is 5.82 Å². The molecule has 1 aromatic carbocycles. The molecular formula is C14H16ClFN2O2. The summed E-state index contributed by atoms with van der Waals surface area (Å²) < 4.78 is 13.9. The Bertz CT molecular complexity index is 534. The van der Waals surface area contributed by atoms with Crippen LogP contribution >= 0.6 is 11.6 Å². The molecular weight excluding hydrogens is 283 g/mol. The Morgan fingerprint density at radius 1 is 1.35 bits per heavy atom. The first kappa shape index (κ1) is 14.8. The second-order valence-electron chi connectivity index (χ2n) is 4.73. The summed E-state index contributed by atoms with van der Waals surface area (Å²) in [5, 5.41) is 5.20. The van der Waals surface area contributed by atoms with Crippen molar-refractivity contribution in [1.82, 2.24) is 0 Å². The first-order valence-electron chi connectivity index (χ1n) is 6.58. The van der Waals surface area contributed by atoms with Crippen molar-refractivity contribution in [3.05, 3.63) is 23.5 Å². The maximum absolute atomic E-state index is 13.9. The summed E-state index contributed by atoms with van der Waals surface area (Å²) in [5.74, 6) is -0.322. The molecule has 20 heavy (non-hydrogen) atoms. The maximum atomic E-state index is 13.9.